The molecule has 4 nitrogen and oxygen atoms in total. The molecule has 0 aliphatic rings. The zero-order chi connectivity index (χ0) is 14.6. The molecule has 0 unspecified atom stereocenters. The van der Waals surface area contributed by atoms with Crippen molar-refractivity contribution < 1.29 is 4.74 Å². The summed E-state index contributed by atoms with van der Waals surface area (Å²) < 4.78 is 5.63. The number of ether oxygens (including phenoxy) is 1. The Hall–Kier alpha value is -0.980. The van der Waals surface area contributed by atoms with Gasteiger partial charge in [0.2, 0.25) is 0 Å². The van der Waals surface area contributed by atoms with E-state index in [1.165, 1.54) is 5.56 Å². The standard InChI is InChI=1S/C16H27N3O.HI/c1-4-12-18-16(17-5-2)19-13-11-14-9-7-8-10-15(14)20-6-3;/h7-10H,4-6,11-13H2,1-3H3,(H2,17,18,19);1H. The summed E-state index contributed by atoms with van der Waals surface area (Å²) in [5.41, 5.74) is 1.23. The quantitative estimate of drug-likeness (QED) is 0.397. The largest absolute Gasteiger partial charge is 0.494 e. The Balaban J connectivity index is 0.00000400. The third kappa shape index (κ3) is 8.14. The van der Waals surface area contributed by atoms with Crippen LogP contribution in [0.15, 0.2) is 29.3 Å². The van der Waals surface area contributed by atoms with Crippen molar-refractivity contribution in [3.8, 4) is 5.75 Å². The molecule has 120 valence electrons. The maximum absolute atomic E-state index is 5.63. The second-order valence-corrected chi connectivity index (χ2v) is 4.48. The van der Waals surface area contributed by atoms with Gasteiger partial charge in [-0.05, 0) is 38.3 Å². The second-order valence-electron chi connectivity index (χ2n) is 4.48. The van der Waals surface area contributed by atoms with Crippen molar-refractivity contribution in [1.82, 2.24) is 10.6 Å². The van der Waals surface area contributed by atoms with Crippen LogP contribution in [0.3, 0.4) is 0 Å². The van der Waals surface area contributed by atoms with E-state index in [0.29, 0.717) is 6.61 Å². The highest BCUT2D eigenvalue weighted by Crippen LogP contribution is 2.17. The van der Waals surface area contributed by atoms with Crippen LogP contribution in [0.25, 0.3) is 0 Å². The van der Waals surface area contributed by atoms with Gasteiger partial charge in [-0.15, -0.1) is 24.0 Å². The molecule has 2 N–H and O–H groups in total. The molecule has 0 radical (unpaired) electrons. The lowest BCUT2D eigenvalue weighted by atomic mass is 10.1. The Morgan fingerprint density at radius 1 is 1.14 bits per heavy atom. The fraction of sp³-hybridized carbons (Fsp3) is 0.562. The van der Waals surface area contributed by atoms with Gasteiger partial charge in [0.1, 0.15) is 5.75 Å². The number of guanidine groups is 1. The van der Waals surface area contributed by atoms with Gasteiger partial charge < -0.3 is 15.4 Å². The van der Waals surface area contributed by atoms with Crippen molar-refractivity contribution in [2.45, 2.75) is 33.6 Å². The van der Waals surface area contributed by atoms with E-state index in [0.717, 1.165) is 44.2 Å². The third-order valence-electron chi connectivity index (χ3n) is 2.80. The van der Waals surface area contributed by atoms with Gasteiger partial charge in [0, 0.05) is 19.6 Å². The summed E-state index contributed by atoms with van der Waals surface area (Å²) in [6.07, 6.45) is 1.98. The molecule has 0 bridgehead atoms. The Morgan fingerprint density at radius 2 is 1.90 bits per heavy atom. The van der Waals surface area contributed by atoms with Gasteiger partial charge in [0.15, 0.2) is 5.96 Å². The van der Waals surface area contributed by atoms with E-state index >= 15 is 0 Å². The Labute approximate surface area is 145 Å². The van der Waals surface area contributed by atoms with Crippen LogP contribution in [0.1, 0.15) is 32.8 Å². The maximum Gasteiger partial charge on any atom is 0.191 e. The minimum absolute atomic E-state index is 0. The first-order valence-electron chi connectivity index (χ1n) is 7.54. The summed E-state index contributed by atoms with van der Waals surface area (Å²) in [5, 5.41) is 6.61. The normalized spacial score (nSPS) is 10.7. The van der Waals surface area contributed by atoms with Crippen LogP contribution in [0.4, 0.5) is 0 Å². The van der Waals surface area contributed by atoms with E-state index in [9.17, 15) is 0 Å². The molecule has 0 spiro atoms. The van der Waals surface area contributed by atoms with Crippen molar-refractivity contribution in [2.75, 3.05) is 26.2 Å². The minimum atomic E-state index is 0. The molecule has 0 aromatic heterocycles. The van der Waals surface area contributed by atoms with Gasteiger partial charge >= 0.3 is 0 Å². The van der Waals surface area contributed by atoms with Crippen LogP contribution in [0.5, 0.6) is 5.75 Å². The fourth-order valence-electron chi connectivity index (χ4n) is 1.89. The molecule has 1 aromatic carbocycles. The first-order valence-corrected chi connectivity index (χ1v) is 7.54. The topological polar surface area (TPSA) is 45.7 Å². The molecule has 0 heterocycles. The lowest BCUT2D eigenvalue weighted by Gasteiger charge is -2.13. The van der Waals surface area contributed by atoms with Crippen molar-refractivity contribution in [3.63, 3.8) is 0 Å². The van der Waals surface area contributed by atoms with E-state index in [-0.39, 0.29) is 24.0 Å². The predicted molar refractivity (Wildman–Crippen MR) is 101 cm³/mol. The number of rotatable bonds is 8. The van der Waals surface area contributed by atoms with Gasteiger partial charge in [-0.2, -0.15) is 0 Å². The highest BCUT2D eigenvalue weighted by Gasteiger charge is 2.03. The number of hydrogen-bond donors (Lipinski definition) is 2. The number of benzene rings is 1. The Kier molecular flexibility index (Phi) is 12.1. The maximum atomic E-state index is 5.63. The highest BCUT2D eigenvalue weighted by molar-refractivity contribution is 14.0. The number of aliphatic imine (C=N–C) groups is 1. The fourth-order valence-corrected chi connectivity index (χ4v) is 1.89. The van der Waals surface area contributed by atoms with Crippen molar-refractivity contribution in [2.24, 2.45) is 4.99 Å². The molecule has 0 aliphatic carbocycles. The Bertz CT molecular complexity index is 410. The van der Waals surface area contributed by atoms with Crippen LogP contribution in [0.2, 0.25) is 0 Å². The number of nitrogens with one attached hydrogen (secondary N) is 2. The molecule has 0 saturated heterocycles. The average Bonchev–Trinajstić information content (AvgIpc) is 2.47. The predicted octanol–water partition coefficient (Wildman–Crippen LogP) is 3.21. The molecule has 21 heavy (non-hydrogen) atoms. The van der Waals surface area contributed by atoms with Crippen LogP contribution in [-0.4, -0.2) is 32.2 Å². The average molecular weight is 405 g/mol. The third-order valence-corrected chi connectivity index (χ3v) is 2.80. The van der Waals surface area contributed by atoms with Crippen molar-refractivity contribution in [3.05, 3.63) is 29.8 Å². The van der Waals surface area contributed by atoms with Crippen molar-refractivity contribution >= 4 is 29.9 Å². The number of para-hydroxylation sites is 1. The zero-order valence-corrected chi connectivity index (χ0v) is 15.6. The van der Waals surface area contributed by atoms with E-state index in [1.807, 2.05) is 25.1 Å². The summed E-state index contributed by atoms with van der Waals surface area (Å²) in [6, 6.07) is 8.20. The molecular formula is C16H28IN3O. The van der Waals surface area contributed by atoms with E-state index in [1.54, 1.807) is 0 Å². The number of hydrogen-bond acceptors (Lipinski definition) is 2. The summed E-state index contributed by atoms with van der Waals surface area (Å²) in [6.45, 7) is 9.50. The van der Waals surface area contributed by atoms with Gasteiger partial charge in [0.05, 0.1) is 6.61 Å². The van der Waals surface area contributed by atoms with E-state index < -0.39 is 0 Å². The van der Waals surface area contributed by atoms with E-state index in [4.69, 9.17) is 4.74 Å². The van der Waals surface area contributed by atoms with Gasteiger partial charge in [-0.3, -0.25) is 4.99 Å². The Morgan fingerprint density at radius 3 is 2.57 bits per heavy atom. The molecule has 1 rings (SSSR count). The van der Waals surface area contributed by atoms with Gasteiger partial charge in [-0.25, -0.2) is 0 Å². The summed E-state index contributed by atoms with van der Waals surface area (Å²) in [4.78, 5) is 4.49. The molecule has 0 atom stereocenters. The lowest BCUT2D eigenvalue weighted by molar-refractivity contribution is 0.336. The van der Waals surface area contributed by atoms with Crippen LogP contribution >= 0.6 is 24.0 Å². The highest BCUT2D eigenvalue weighted by atomic mass is 127. The smallest absolute Gasteiger partial charge is 0.191 e. The zero-order valence-electron chi connectivity index (χ0n) is 13.3. The first-order chi connectivity index (χ1) is 9.81. The summed E-state index contributed by atoms with van der Waals surface area (Å²) in [7, 11) is 0. The summed E-state index contributed by atoms with van der Waals surface area (Å²) in [5.74, 6) is 1.87. The van der Waals surface area contributed by atoms with Crippen LogP contribution in [0, 0.1) is 0 Å². The molecule has 5 heteroatoms. The molecular weight excluding hydrogens is 377 g/mol. The first kappa shape index (κ1) is 20.0. The number of nitrogens with zero attached hydrogens (tertiary/aromatic N) is 1. The molecule has 0 aliphatic heterocycles. The monoisotopic (exact) mass is 405 g/mol. The second kappa shape index (κ2) is 12.7. The van der Waals surface area contributed by atoms with Gasteiger partial charge in [0.25, 0.3) is 0 Å². The van der Waals surface area contributed by atoms with Crippen LogP contribution in [-0.2, 0) is 6.42 Å². The van der Waals surface area contributed by atoms with Crippen molar-refractivity contribution in [1.29, 1.82) is 0 Å². The van der Waals surface area contributed by atoms with Gasteiger partial charge in [-0.1, -0.05) is 25.1 Å². The SMILES string of the molecule is CCCN=C(NCC)NCCc1ccccc1OCC.I. The number of halogens is 1. The van der Waals surface area contributed by atoms with E-state index in [2.05, 4.69) is 35.5 Å². The molecule has 1 aromatic rings. The molecule has 0 saturated carbocycles. The van der Waals surface area contributed by atoms with Crippen LogP contribution < -0.4 is 15.4 Å². The minimum Gasteiger partial charge on any atom is -0.494 e. The molecule has 0 fully saturated rings. The summed E-state index contributed by atoms with van der Waals surface area (Å²) >= 11 is 0. The lowest BCUT2D eigenvalue weighted by Crippen LogP contribution is -2.38. The molecule has 0 amide bonds.